The third-order valence-corrected chi connectivity index (χ3v) is 2.85. The first-order valence-electron chi connectivity index (χ1n) is 3.25. The van der Waals surface area contributed by atoms with E-state index in [-0.39, 0.29) is 6.61 Å². The Morgan fingerprint density at radius 1 is 1.54 bits per heavy atom. The van der Waals surface area contributed by atoms with Crippen LogP contribution in [0.3, 0.4) is 0 Å². The SMILES string of the molecule is C=CP(=O)(O)COCCS(=O)(=O)O. The minimum absolute atomic E-state index is 0.322. The Morgan fingerprint density at radius 3 is 2.46 bits per heavy atom. The first kappa shape index (κ1) is 12.8. The molecule has 1 unspecified atom stereocenters. The van der Waals surface area contributed by atoms with Crippen LogP contribution in [0.2, 0.25) is 0 Å². The highest BCUT2D eigenvalue weighted by molar-refractivity contribution is 7.85. The van der Waals surface area contributed by atoms with Gasteiger partial charge in [-0.15, -0.1) is 0 Å². The van der Waals surface area contributed by atoms with Gasteiger partial charge in [-0.1, -0.05) is 6.58 Å². The Morgan fingerprint density at radius 2 is 2.08 bits per heavy atom. The van der Waals surface area contributed by atoms with Crippen LogP contribution in [0.1, 0.15) is 0 Å². The minimum Gasteiger partial charge on any atom is -0.370 e. The average molecular weight is 230 g/mol. The molecule has 0 aromatic heterocycles. The normalized spacial score (nSPS) is 16.5. The van der Waals surface area contributed by atoms with Crippen LogP contribution in [0, 0.1) is 0 Å². The van der Waals surface area contributed by atoms with Gasteiger partial charge >= 0.3 is 0 Å². The van der Waals surface area contributed by atoms with Crippen LogP contribution in [-0.2, 0) is 19.4 Å². The molecule has 13 heavy (non-hydrogen) atoms. The summed E-state index contributed by atoms with van der Waals surface area (Å²) in [5, 5.41) is 0. The zero-order chi connectivity index (χ0) is 10.5. The van der Waals surface area contributed by atoms with E-state index in [0.717, 1.165) is 5.82 Å². The molecular weight excluding hydrogens is 219 g/mol. The molecule has 0 rings (SSSR count). The Bertz CT molecular complexity index is 307. The molecule has 0 aliphatic heterocycles. The largest absolute Gasteiger partial charge is 0.370 e. The molecule has 0 spiro atoms. The highest BCUT2D eigenvalue weighted by atomic mass is 32.2. The molecule has 8 heteroatoms. The van der Waals surface area contributed by atoms with Crippen LogP contribution in [0.25, 0.3) is 0 Å². The summed E-state index contributed by atoms with van der Waals surface area (Å²) in [5.41, 5.74) is 0. The van der Waals surface area contributed by atoms with Gasteiger partial charge in [-0.05, 0) is 5.82 Å². The fourth-order valence-corrected chi connectivity index (χ4v) is 1.24. The van der Waals surface area contributed by atoms with Crippen LogP contribution in [0.5, 0.6) is 0 Å². The van der Waals surface area contributed by atoms with E-state index in [1.165, 1.54) is 0 Å². The second kappa shape index (κ2) is 4.88. The predicted octanol–water partition coefficient (Wildman–Crippen LogP) is 0.262. The molecule has 0 fully saturated rings. The molecule has 78 valence electrons. The molecule has 0 aliphatic rings. The van der Waals surface area contributed by atoms with E-state index in [1.807, 2.05) is 0 Å². The van der Waals surface area contributed by atoms with Crippen molar-refractivity contribution in [2.45, 2.75) is 0 Å². The summed E-state index contributed by atoms with van der Waals surface area (Å²) in [7, 11) is -7.56. The van der Waals surface area contributed by atoms with Gasteiger partial charge < -0.3 is 9.63 Å². The topological polar surface area (TPSA) is 101 Å². The van der Waals surface area contributed by atoms with E-state index in [9.17, 15) is 13.0 Å². The molecule has 0 aromatic carbocycles. The first-order valence-corrected chi connectivity index (χ1v) is 6.77. The molecule has 0 bridgehead atoms. The van der Waals surface area contributed by atoms with E-state index in [2.05, 4.69) is 11.3 Å². The van der Waals surface area contributed by atoms with E-state index < -0.39 is 29.6 Å². The van der Waals surface area contributed by atoms with Gasteiger partial charge in [0.15, 0.2) is 0 Å². The van der Waals surface area contributed by atoms with Crippen LogP contribution in [0.15, 0.2) is 12.4 Å². The van der Waals surface area contributed by atoms with Crippen molar-refractivity contribution in [3.8, 4) is 0 Å². The second-order valence-electron chi connectivity index (χ2n) is 2.26. The summed E-state index contributed by atoms with van der Waals surface area (Å²) in [4.78, 5) is 8.85. The van der Waals surface area contributed by atoms with Crippen molar-refractivity contribution >= 4 is 17.5 Å². The molecule has 0 radical (unpaired) electrons. The maximum atomic E-state index is 10.8. The van der Waals surface area contributed by atoms with Gasteiger partial charge in [0.1, 0.15) is 6.35 Å². The first-order chi connectivity index (χ1) is 5.77. The van der Waals surface area contributed by atoms with Gasteiger partial charge in [0.25, 0.3) is 10.1 Å². The van der Waals surface area contributed by atoms with Crippen LogP contribution >= 0.6 is 7.37 Å². The lowest BCUT2D eigenvalue weighted by Crippen LogP contribution is -2.11. The monoisotopic (exact) mass is 230 g/mol. The van der Waals surface area contributed by atoms with Gasteiger partial charge in [0.2, 0.25) is 7.37 Å². The number of ether oxygens (including phenoxy) is 1. The lowest BCUT2D eigenvalue weighted by atomic mass is 10.9. The van der Waals surface area contributed by atoms with E-state index in [4.69, 9.17) is 9.45 Å². The summed E-state index contributed by atoms with van der Waals surface area (Å²) >= 11 is 0. The smallest absolute Gasteiger partial charge is 0.267 e. The lowest BCUT2D eigenvalue weighted by Gasteiger charge is -2.05. The van der Waals surface area contributed by atoms with Gasteiger partial charge in [-0.2, -0.15) is 8.42 Å². The molecule has 0 saturated carbocycles. The quantitative estimate of drug-likeness (QED) is 0.385. The van der Waals surface area contributed by atoms with Gasteiger partial charge in [0.05, 0.1) is 12.4 Å². The van der Waals surface area contributed by atoms with Crippen molar-refractivity contribution in [1.29, 1.82) is 0 Å². The maximum absolute atomic E-state index is 10.8. The molecule has 2 N–H and O–H groups in total. The van der Waals surface area contributed by atoms with Crippen molar-refractivity contribution in [2.75, 3.05) is 18.7 Å². The third kappa shape index (κ3) is 8.14. The molecule has 0 amide bonds. The van der Waals surface area contributed by atoms with E-state index in [0.29, 0.717) is 0 Å². The predicted molar refractivity (Wildman–Crippen MR) is 47.3 cm³/mol. The molecule has 0 aromatic rings. The minimum atomic E-state index is -4.07. The van der Waals surface area contributed by atoms with Crippen molar-refractivity contribution in [3.63, 3.8) is 0 Å². The third-order valence-electron chi connectivity index (χ3n) is 1.05. The fourth-order valence-electron chi connectivity index (χ4n) is 0.412. The number of hydrogen-bond donors (Lipinski definition) is 2. The fraction of sp³-hybridized carbons (Fsp3) is 0.600. The van der Waals surface area contributed by atoms with Crippen molar-refractivity contribution in [1.82, 2.24) is 0 Å². The Labute approximate surface area is 76.4 Å². The summed E-state index contributed by atoms with van der Waals surface area (Å²) in [5.74, 6) is 0.255. The highest BCUT2D eigenvalue weighted by Crippen LogP contribution is 2.40. The molecule has 0 heterocycles. The molecule has 0 saturated heterocycles. The van der Waals surface area contributed by atoms with Crippen molar-refractivity contribution < 1.29 is 27.2 Å². The number of hydrogen-bond acceptors (Lipinski definition) is 4. The summed E-state index contributed by atoms with van der Waals surface area (Å²) < 4.78 is 43.9. The molecule has 1 atom stereocenters. The Balaban J connectivity index is 3.71. The lowest BCUT2D eigenvalue weighted by molar-refractivity contribution is 0.185. The summed E-state index contributed by atoms with van der Waals surface area (Å²) in [6.45, 7) is 2.78. The van der Waals surface area contributed by atoms with E-state index in [1.54, 1.807) is 0 Å². The molecule has 6 nitrogen and oxygen atoms in total. The Hall–Kier alpha value is -0.200. The maximum Gasteiger partial charge on any atom is 0.267 e. The zero-order valence-corrected chi connectivity index (χ0v) is 8.50. The number of rotatable bonds is 6. The summed E-state index contributed by atoms with van der Waals surface area (Å²) in [6, 6.07) is 0. The second-order valence-corrected chi connectivity index (χ2v) is 5.97. The van der Waals surface area contributed by atoms with Gasteiger partial charge in [-0.3, -0.25) is 9.12 Å². The van der Waals surface area contributed by atoms with Crippen LogP contribution in [0.4, 0.5) is 0 Å². The van der Waals surface area contributed by atoms with E-state index >= 15 is 0 Å². The summed E-state index contributed by atoms with van der Waals surface area (Å²) in [6.07, 6.45) is -0.494. The van der Waals surface area contributed by atoms with Crippen molar-refractivity contribution in [3.05, 3.63) is 12.4 Å². The zero-order valence-electron chi connectivity index (χ0n) is 6.79. The van der Waals surface area contributed by atoms with Crippen molar-refractivity contribution in [2.24, 2.45) is 0 Å². The van der Waals surface area contributed by atoms with Gasteiger partial charge in [0, 0.05) is 0 Å². The Kier molecular flexibility index (Phi) is 4.80. The molecular formula is C5H11O6PS. The van der Waals surface area contributed by atoms with Gasteiger partial charge in [-0.25, -0.2) is 0 Å². The average Bonchev–Trinajstić information content (AvgIpc) is 1.97. The molecule has 0 aliphatic carbocycles. The van der Waals surface area contributed by atoms with Crippen LogP contribution < -0.4 is 0 Å². The standard InChI is InChI=1S/C5H11O6PS/c1-2-12(6,7)5-11-3-4-13(8,9)10/h2H,1,3-5H2,(H,6,7)(H,8,9,10). The highest BCUT2D eigenvalue weighted by Gasteiger charge is 2.13. The van der Waals surface area contributed by atoms with Crippen LogP contribution in [-0.4, -0.2) is 36.6 Å².